The molecule has 12 heteroatoms. The molecule has 1 fully saturated rings. The number of ether oxygens (including phenoxy) is 1. The molecule has 1 aliphatic rings. The van der Waals surface area contributed by atoms with Gasteiger partial charge in [-0.05, 0) is 43.2 Å². The van der Waals surface area contributed by atoms with E-state index in [9.17, 15) is 14.0 Å². The zero-order valence-corrected chi connectivity index (χ0v) is 20.4. The quantitative estimate of drug-likeness (QED) is 0.307. The molecule has 38 heavy (non-hydrogen) atoms. The van der Waals surface area contributed by atoms with Crippen molar-refractivity contribution in [3.05, 3.63) is 67.0 Å². The summed E-state index contributed by atoms with van der Waals surface area (Å²) in [6.45, 7) is 0.410. The Morgan fingerprint density at radius 2 is 2.05 bits per heavy atom. The monoisotopic (exact) mass is 519 g/mol. The number of aliphatic hydroxyl groups is 1. The van der Waals surface area contributed by atoms with Crippen molar-refractivity contribution in [2.75, 3.05) is 30.4 Å². The number of nitrogens with zero attached hydrogens (tertiary/aromatic N) is 5. The number of nitrogens with one attached hydrogen (secondary N) is 2. The van der Waals surface area contributed by atoms with Crippen LogP contribution in [-0.4, -0.2) is 67.4 Å². The first kappa shape index (κ1) is 25.1. The maximum atomic E-state index is 13.3. The molecular formula is C26H26FN7O4. The molecule has 0 aliphatic carbocycles. The van der Waals surface area contributed by atoms with Gasteiger partial charge in [0.15, 0.2) is 0 Å². The van der Waals surface area contributed by atoms with Crippen molar-refractivity contribution in [2.24, 2.45) is 0 Å². The molecule has 4 aromatic rings. The third-order valence-corrected chi connectivity index (χ3v) is 6.19. The summed E-state index contributed by atoms with van der Waals surface area (Å²) in [7, 11) is 0. The summed E-state index contributed by atoms with van der Waals surface area (Å²) in [6.07, 6.45) is 6.38. The van der Waals surface area contributed by atoms with E-state index in [2.05, 4.69) is 25.7 Å². The molecule has 2 amide bonds. The highest BCUT2D eigenvalue weighted by atomic mass is 19.1. The smallest absolute Gasteiger partial charge is 0.248 e. The Bertz CT molecular complexity index is 1460. The molecule has 2 aromatic heterocycles. The van der Waals surface area contributed by atoms with Gasteiger partial charge in [0.2, 0.25) is 11.8 Å². The van der Waals surface area contributed by atoms with Crippen molar-refractivity contribution in [1.82, 2.24) is 24.6 Å². The van der Waals surface area contributed by atoms with Gasteiger partial charge in [0.1, 0.15) is 43.5 Å². The van der Waals surface area contributed by atoms with Crippen LogP contribution in [0.25, 0.3) is 10.9 Å². The van der Waals surface area contributed by atoms with Gasteiger partial charge in [-0.25, -0.2) is 14.4 Å². The normalized spacial score (nSPS) is 15.0. The number of anilines is 3. The zero-order chi connectivity index (χ0) is 26.5. The van der Waals surface area contributed by atoms with Gasteiger partial charge in [-0.2, -0.15) is 5.10 Å². The van der Waals surface area contributed by atoms with Crippen molar-refractivity contribution >= 4 is 39.9 Å². The maximum Gasteiger partial charge on any atom is 0.248 e. The topological polar surface area (TPSA) is 134 Å². The number of likely N-dealkylation sites (tertiary alicyclic amines) is 1. The minimum atomic E-state index is -0.500. The summed E-state index contributed by atoms with van der Waals surface area (Å²) in [5.74, 6) is 0.114. The number of benzene rings is 2. The Morgan fingerprint density at radius 3 is 2.89 bits per heavy atom. The van der Waals surface area contributed by atoms with E-state index in [0.29, 0.717) is 41.6 Å². The van der Waals surface area contributed by atoms with Crippen molar-refractivity contribution in [3.63, 3.8) is 0 Å². The number of rotatable bonds is 9. The molecule has 5 rings (SSSR count). The summed E-state index contributed by atoms with van der Waals surface area (Å²) in [5, 5.41) is 20.0. The lowest BCUT2D eigenvalue weighted by Crippen LogP contribution is -2.40. The molecule has 0 saturated carbocycles. The molecule has 3 N–H and O–H groups in total. The summed E-state index contributed by atoms with van der Waals surface area (Å²) >= 11 is 0. The summed E-state index contributed by atoms with van der Waals surface area (Å²) in [5.41, 5.74) is 1.66. The first-order valence-corrected chi connectivity index (χ1v) is 12.1. The van der Waals surface area contributed by atoms with Crippen LogP contribution in [0.1, 0.15) is 12.8 Å². The van der Waals surface area contributed by atoms with E-state index >= 15 is 0 Å². The molecule has 1 aliphatic heterocycles. The highest BCUT2D eigenvalue weighted by Crippen LogP contribution is 2.27. The van der Waals surface area contributed by atoms with E-state index in [-0.39, 0.29) is 24.4 Å². The predicted octanol–water partition coefficient (Wildman–Crippen LogP) is 2.71. The average Bonchev–Trinajstić information content (AvgIpc) is 3.56. The number of carbonyl (C=O) groups excluding carboxylic acids is 2. The standard InChI is InChI=1S/C26H26FN7O4/c27-17-3-1-4-18(9-17)31-24(36)13-33-12-19(11-30-33)32-26-22-7-6-21(10-23(22)28-16-29-26)38-15-20-5-2-8-34(20)25(37)14-35/h1,3-4,6-7,9-12,16,20,35H,2,5,8,13-15H2,(H,31,36)(H,28,29,32)/t20-/m0/s1. The van der Waals surface area contributed by atoms with Crippen molar-refractivity contribution in [1.29, 1.82) is 0 Å². The molecule has 0 bridgehead atoms. The van der Waals surface area contributed by atoms with Gasteiger partial charge in [-0.1, -0.05) is 6.07 Å². The number of carbonyl (C=O) groups is 2. The van der Waals surface area contributed by atoms with Crippen LogP contribution in [0.15, 0.2) is 61.2 Å². The van der Waals surface area contributed by atoms with Crippen LogP contribution in [0.2, 0.25) is 0 Å². The van der Waals surface area contributed by atoms with Crippen LogP contribution < -0.4 is 15.4 Å². The van der Waals surface area contributed by atoms with E-state index in [0.717, 1.165) is 18.2 Å². The fraction of sp³-hybridized carbons (Fsp3) is 0.269. The van der Waals surface area contributed by atoms with Crippen molar-refractivity contribution in [2.45, 2.75) is 25.4 Å². The molecule has 3 heterocycles. The van der Waals surface area contributed by atoms with E-state index in [1.165, 1.54) is 29.2 Å². The van der Waals surface area contributed by atoms with Crippen molar-refractivity contribution < 1.29 is 23.8 Å². The number of hydrogen-bond acceptors (Lipinski definition) is 8. The predicted molar refractivity (Wildman–Crippen MR) is 137 cm³/mol. The zero-order valence-electron chi connectivity index (χ0n) is 20.4. The highest BCUT2D eigenvalue weighted by molar-refractivity contribution is 5.92. The number of fused-ring (bicyclic) bond motifs is 1. The first-order valence-electron chi connectivity index (χ1n) is 12.1. The van der Waals surface area contributed by atoms with Gasteiger partial charge in [0.05, 0.1) is 23.4 Å². The number of aromatic nitrogens is 4. The highest BCUT2D eigenvalue weighted by Gasteiger charge is 2.28. The second kappa shape index (κ2) is 11.2. The van der Waals surface area contributed by atoms with Gasteiger partial charge in [-0.15, -0.1) is 0 Å². The lowest BCUT2D eigenvalue weighted by molar-refractivity contribution is -0.135. The number of amides is 2. The Balaban J connectivity index is 1.21. The minimum absolute atomic E-state index is 0.0499. The van der Waals surface area contributed by atoms with E-state index < -0.39 is 12.4 Å². The molecule has 196 valence electrons. The lowest BCUT2D eigenvalue weighted by Gasteiger charge is -2.24. The fourth-order valence-electron chi connectivity index (χ4n) is 4.41. The third kappa shape index (κ3) is 5.86. The van der Waals surface area contributed by atoms with E-state index in [1.54, 1.807) is 29.4 Å². The van der Waals surface area contributed by atoms with E-state index in [4.69, 9.17) is 9.84 Å². The summed E-state index contributed by atoms with van der Waals surface area (Å²) < 4.78 is 20.7. The fourth-order valence-corrected chi connectivity index (χ4v) is 4.41. The second-order valence-corrected chi connectivity index (χ2v) is 8.86. The van der Waals surface area contributed by atoms with Gasteiger partial charge >= 0.3 is 0 Å². The molecule has 0 spiro atoms. The average molecular weight is 520 g/mol. The number of hydrogen-bond donors (Lipinski definition) is 3. The maximum absolute atomic E-state index is 13.3. The molecule has 0 radical (unpaired) electrons. The van der Waals surface area contributed by atoms with Crippen LogP contribution >= 0.6 is 0 Å². The Hall–Kier alpha value is -4.58. The molecule has 11 nitrogen and oxygen atoms in total. The van der Waals surface area contributed by atoms with Crippen LogP contribution in [0, 0.1) is 5.82 Å². The van der Waals surface area contributed by atoms with Crippen LogP contribution in [0.3, 0.4) is 0 Å². The van der Waals surface area contributed by atoms with Gasteiger partial charge in [0.25, 0.3) is 0 Å². The van der Waals surface area contributed by atoms with Crippen LogP contribution in [-0.2, 0) is 16.1 Å². The SMILES string of the molecule is O=C(Cn1cc(Nc2ncnc3cc(OC[C@@H]4CCCN4C(=O)CO)ccc23)cn1)Nc1cccc(F)c1. The van der Waals surface area contributed by atoms with Gasteiger partial charge in [-0.3, -0.25) is 14.3 Å². The summed E-state index contributed by atoms with van der Waals surface area (Å²) in [4.78, 5) is 34.5. The molecular weight excluding hydrogens is 493 g/mol. The van der Waals surface area contributed by atoms with Crippen molar-refractivity contribution in [3.8, 4) is 5.75 Å². The summed E-state index contributed by atoms with van der Waals surface area (Å²) in [6, 6.07) is 11.1. The van der Waals surface area contributed by atoms with Gasteiger partial charge < -0.3 is 25.4 Å². The minimum Gasteiger partial charge on any atom is -0.491 e. The molecule has 2 aromatic carbocycles. The molecule has 1 atom stereocenters. The Kier molecular flexibility index (Phi) is 7.40. The Labute approximate surface area is 217 Å². The molecule has 1 saturated heterocycles. The molecule has 0 unspecified atom stereocenters. The van der Waals surface area contributed by atoms with Crippen LogP contribution in [0.4, 0.5) is 21.6 Å². The largest absolute Gasteiger partial charge is 0.491 e. The number of aliphatic hydroxyl groups excluding tert-OH is 1. The van der Waals surface area contributed by atoms with Gasteiger partial charge in [0, 0.05) is 29.9 Å². The lowest BCUT2D eigenvalue weighted by atomic mass is 10.2. The number of halogens is 1. The van der Waals surface area contributed by atoms with E-state index in [1.807, 2.05) is 12.1 Å². The third-order valence-electron chi connectivity index (χ3n) is 6.19. The first-order chi connectivity index (χ1) is 18.5. The Morgan fingerprint density at radius 1 is 1.16 bits per heavy atom. The second-order valence-electron chi connectivity index (χ2n) is 8.86. The van der Waals surface area contributed by atoms with Crippen LogP contribution in [0.5, 0.6) is 5.75 Å².